The van der Waals surface area contributed by atoms with Gasteiger partial charge < -0.3 is 5.73 Å². The molecule has 0 amide bonds. The first-order valence-corrected chi connectivity index (χ1v) is 7.47. The Morgan fingerprint density at radius 2 is 1.71 bits per heavy atom. The fourth-order valence-corrected chi connectivity index (χ4v) is 2.38. The average Bonchev–Trinajstić information content (AvgIpc) is 2.49. The molecule has 2 nitrogen and oxygen atoms in total. The van der Waals surface area contributed by atoms with Crippen molar-refractivity contribution in [2.45, 2.75) is 19.5 Å². The second-order valence-electron chi connectivity index (χ2n) is 5.09. The number of hydrogen-bond donors (Lipinski definition) is 1. The van der Waals surface area contributed by atoms with Crippen LogP contribution in [0.4, 0.5) is 4.39 Å². The number of nitrogens with two attached hydrogens (primary N) is 1. The Bertz CT molecular complexity index is 560. The smallest absolute Gasteiger partial charge is 0.142 e. The van der Waals surface area contributed by atoms with Gasteiger partial charge in [-0.3, -0.25) is 4.90 Å². The lowest BCUT2D eigenvalue weighted by Crippen LogP contribution is -2.25. The van der Waals surface area contributed by atoms with E-state index in [1.165, 1.54) is 11.6 Å². The second-order valence-corrected chi connectivity index (χ2v) is 5.49. The van der Waals surface area contributed by atoms with Gasteiger partial charge in [0.25, 0.3) is 0 Å². The molecule has 2 N–H and O–H groups in total. The quantitative estimate of drug-likeness (QED) is 0.842. The maximum Gasteiger partial charge on any atom is 0.142 e. The molecule has 0 unspecified atom stereocenters. The van der Waals surface area contributed by atoms with E-state index in [4.69, 9.17) is 17.3 Å². The zero-order valence-corrected chi connectivity index (χ0v) is 12.7. The molecular formula is C17H20ClFN2. The molecule has 0 aliphatic carbocycles. The highest BCUT2D eigenvalue weighted by Crippen LogP contribution is 2.17. The van der Waals surface area contributed by atoms with Crippen LogP contribution < -0.4 is 5.73 Å². The molecule has 0 saturated heterocycles. The fourth-order valence-electron chi connectivity index (χ4n) is 2.27. The van der Waals surface area contributed by atoms with Crippen molar-refractivity contribution in [3.8, 4) is 0 Å². The lowest BCUT2D eigenvalue weighted by Gasteiger charge is -2.22. The molecule has 0 atom stereocenters. The van der Waals surface area contributed by atoms with E-state index in [0.29, 0.717) is 13.1 Å². The third-order valence-corrected chi connectivity index (χ3v) is 3.62. The zero-order chi connectivity index (χ0) is 15.1. The van der Waals surface area contributed by atoms with Gasteiger partial charge in [0.05, 0.1) is 5.02 Å². The maximum atomic E-state index is 13.5. The van der Waals surface area contributed by atoms with Crippen LogP contribution in [0.2, 0.25) is 5.02 Å². The highest BCUT2D eigenvalue weighted by Gasteiger charge is 2.08. The van der Waals surface area contributed by atoms with Crippen LogP contribution in [0, 0.1) is 5.82 Å². The average molecular weight is 307 g/mol. The first kappa shape index (κ1) is 16.0. The van der Waals surface area contributed by atoms with Gasteiger partial charge in [-0.25, -0.2) is 4.39 Å². The Hall–Kier alpha value is -1.42. The summed E-state index contributed by atoms with van der Waals surface area (Å²) in [4.78, 5) is 2.27. The van der Waals surface area contributed by atoms with Crippen molar-refractivity contribution in [2.24, 2.45) is 5.73 Å². The molecule has 2 aromatic rings. The second kappa shape index (κ2) is 8.13. The molecule has 2 aromatic carbocycles. The third-order valence-electron chi connectivity index (χ3n) is 3.32. The monoisotopic (exact) mass is 306 g/mol. The Morgan fingerprint density at radius 3 is 2.38 bits per heavy atom. The van der Waals surface area contributed by atoms with Crippen LogP contribution in [-0.2, 0) is 13.1 Å². The number of nitrogens with zero attached hydrogens (tertiary/aromatic N) is 1. The van der Waals surface area contributed by atoms with Crippen molar-refractivity contribution in [3.05, 3.63) is 70.5 Å². The van der Waals surface area contributed by atoms with E-state index in [1.807, 2.05) is 24.3 Å². The molecule has 112 valence electrons. The molecule has 0 saturated carbocycles. The number of halogens is 2. The van der Waals surface area contributed by atoms with Crippen molar-refractivity contribution < 1.29 is 4.39 Å². The van der Waals surface area contributed by atoms with Crippen molar-refractivity contribution >= 4 is 11.6 Å². The summed E-state index contributed by atoms with van der Waals surface area (Å²) in [5.41, 5.74) is 7.76. The third kappa shape index (κ3) is 5.12. The minimum absolute atomic E-state index is 0.162. The van der Waals surface area contributed by atoms with Gasteiger partial charge >= 0.3 is 0 Å². The van der Waals surface area contributed by atoms with Crippen LogP contribution >= 0.6 is 11.6 Å². The molecule has 0 aliphatic rings. The van der Waals surface area contributed by atoms with Crippen molar-refractivity contribution in [2.75, 3.05) is 13.1 Å². The van der Waals surface area contributed by atoms with Crippen molar-refractivity contribution in [1.82, 2.24) is 4.90 Å². The van der Waals surface area contributed by atoms with Gasteiger partial charge in [0.1, 0.15) is 5.82 Å². The number of hydrogen-bond acceptors (Lipinski definition) is 2. The molecule has 21 heavy (non-hydrogen) atoms. The van der Waals surface area contributed by atoms with E-state index in [-0.39, 0.29) is 10.8 Å². The van der Waals surface area contributed by atoms with Crippen LogP contribution in [-0.4, -0.2) is 18.0 Å². The predicted octanol–water partition coefficient (Wildman–Crippen LogP) is 3.83. The highest BCUT2D eigenvalue weighted by atomic mass is 35.5. The summed E-state index contributed by atoms with van der Waals surface area (Å²) >= 11 is 5.73. The summed E-state index contributed by atoms with van der Waals surface area (Å²) in [6.07, 6.45) is 0.920. The molecule has 0 radical (unpaired) electrons. The molecule has 0 aliphatic heterocycles. The zero-order valence-electron chi connectivity index (χ0n) is 11.9. The van der Waals surface area contributed by atoms with Crippen molar-refractivity contribution in [3.63, 3.8) is 0 Å². The topological polar surface area (TPSA) is 29.3 Å². The van der Waals surface area contributed by atoms with Gasteiger partial charge in [0.2, 0.25) is 0 Å². The highest BCUT2D eigenvalue weighted by molar-refractivity contribution is 6.30. The number of rotatable bonds is 7. The lowest BCUT2D eigenvalue weighted by molar-refractivity contribution is 0.254. The van der Waals surface area contributed by atoms with Crippen molar-refractivity contribution in [1.29, 1.82) is 0 Å². The van der Waals surface area contributed by atoms with Crippen LogP contribution in [0.1, 0.15) is 17.5 Å². The van der Waals surface area contributed by atoms with E-state index in [9.17, 15) is 4.39 Å². The summed E-state index contributed by atoms with van der Waals surface area (Å²) in [6.45, 7) is 3.05. The largest absolute Gasteiger partial charge is 0.330 e. The molecule has 4 heteroatoms. The summed E-state index contributed by atoms with van der Waals surface area (Å²) < 4.78 is 13.5. The van der Waals surface area contributed by atoms with Gasteiger partial charge in [0, 0.05) is 19.6 Å². The fraction of sp³-hybridized carbons (Fsp3) is 0.294. The summed E-state index contributed by atoms with van der Waals surface area (Å²) in [6, 6.07) is 15.2. The van der Waals surface area contributed by atoms with Gasteiger partial charge in [-0.1, -0.05) is 48.0 Å². The van der Waals surface area contributed by atoms with Gasteiger partial charge in [-0.15, -0.1) is 0 Å². The summed E-state index contributed by atoms with van der Waals surface area (Å²) in [7, 11) is 0. The normalized spacial score (nSPS) is 11.0. The standard InChI is InChI=1S/C17H20ClFN2/c18-16-8-7-15(11-17(16)19)13-21(10-4-9-20)12-14-5-2-1-3-6-14/h1-3,5-8,11H,4,9-10,12-13,20H2. The molecule has 2 rings (SSSR count). The van der Waals surface area contributed by atoms with E-state index in [2.05, 4.69) is 17.0 Å². The Balaban J connectivity index is 2.06. The van der Waals surface area contributed by atoms with Gasteiger partial charge in [0.15, 0.2) is 0 Å². The van der Waals surface area contributed by atoms with E-state index in [0.717, 1.165) is 25.1 Å². The lowest BCUT2D eigenvalue weighted by atomic mass is 10.1. The van der Waals surface area contributed by atoms with Gasteiger partial charge in [-0.05, 0) is 36.2 Å². The first-order chi connectivity index (χ1) is 10.2. The number of benzene rings is 2. The summed E-state index contributed by atoms with van der Waals surface area (Å²) in [5.74, 6) is -0.368. The molecular weight excluding hydrogens is 287 g/mol. The molecule has 0 spiro atoms. The molecule has 0 aromatic heterocycles. The van der Waals surface area contributed by atoms with Crippen LogP contribution in [0.25, 0.3) is 0 Å². The summed E-state index contributed by atoms with van der Waals surface area (Å²) in [5, 5.41) is 0.162. The first-order valence-electron chi connectivity index (χ1n) is 7.09. The van der Waals surface area contributed by atoms with Crippen LogP contribution in [0.5, 0.6) is 0 Å². The van der Waals surface area contributed by atoms with Gasteiger partial charge in [-0.2, -0.15) is 0 Å². The minimum atomic E-state index is -0.368. The Morgan fingerprint density at radius 1 is 1.00 bits per heavy atom. The van der Waals surface area contributed by atoms with Crippen LogP contribution in [0.3, 0.4) is 0 Å². The molecule has 0 fully saturated rings. The molecule has 0 bridgehead atoms. The predicted molar refractivity (Wildman–Crippen MR) is 85.6 cm³/mol. The Labute approximate surface area is 130 Å². The molecule has 0 heterocycles. The maximum absolute atomic E-state index is 13.5. The van der Waals surface area contributed by atoms with E-state index >= 15 is 0 Å². The van der Waals surface area contributed by atoms with E-state index < -0.39 is 0 Å². The van der Waals surface area contributed by atoms with E-state index in [1.54, 1.807) is 6.07 Å². The Kier molecular flexibility index (Phi) is 6.18. The minimum Gasteiger partial charge on any atom is -0.330 e. The van der Waals surface area contributed by atoms with Crippen LogP contribution in [0.15, 0.2) is 48.5 Å². The SMILES string of the molecule is NCCCN(Cc1ccccc1)Cc1ccc(Cl)c(F)c1.